The maximum atomic E-state index is 12.6. The van der Waals surface area contributed by atoms with Crippen molar-refractivity contribution in [1.29, 1.82) is 0 Å². The van der Waals surface area contributed by atoms with Gasteiger partial charge in [-0.2, -0.15) is 5.10 Å². The number of amides is 1. The molecule has 1 amide bonds. The molecule has 2 aromatic heterocycles. The molecule has 9 heteroatoms. The fourth-order valence-corrected chi connectivity index (χ4v) is 5.57. The van der Waals surface area contributed by atoms with E-state index in [1.165, 1.54) is 0 Å². The Balaban J connectivity index is 1.54. The van der Waals surface area contributed by atoms with Gasteiger partial charge in [0.05, 0.1) is 18.4 Å². The third-order valence-electron chi connectivity index (χ3n) is 5.69. The van der Waals surface area contributed by atoms with Crippen LogP contribution in [0.4, 0.5) is 22.3 Å². The second kappa shape index (κ2) is 7.26. The van der Waals surface area contributed by atoms with Crippen molar-refractivity contribution in [2.24, 2.45) is 7.05 Å². The molecular weight excluding hydrogens is 412 g/mol. The van der Waals surface area contributed by atoms with Crippen molar-refractivity contribution in [3.63, 3.8) is 0 Å². The zero-order valence-electron chi connectivity index (χ0n) is 18.2. The number of aromatic nitrogens is 3. The third-order valence-corrected chi connectivity index (χ3v) is 6.77. The van der Waals surface area contributed by atoms with E-state index in [0.29, 0.717) is 18.8 Å². The van der Waals surface area contributed by atoms with E-state index in [-0.39, 0.29) is 11.4 Å². The van der Waals surface area contributed by atoms with Gasteiger partial charge in [0, 0.05) is 42.2 Å². The zero-order chi connectivity index (χ0) is 21.8. The average molecular weight is 439 g/mol. The summed E-state index contributed by atoms with van der Waals surface area (Å²) in [6.45, 7) is 8.28. The Bertz CT molecular complexity index is 1150. The van der Waals surface area contributed by atoms with Gasteiger partial charge in [-0.25, -0.2) is 4.98 Å². The molecule has 8 nitrogen and oxygen atoms in total. The summed E-state index contributed by atoms with van der Waals surface area (Å²) >= 11 is 1.60. The lowest BCUT2D eigenvalue weighted by molar-refractivity contribution is 0.0893. The number of anilines is 4. The highest BCUT2D eigenvalue weighted by Gasteiger charge is 2.35. The van der Waals surface area contributed by atoms with Crippen LogP contribution >= 0.6 is 11.3 Å². The van der Waals surface area contributed by atoms with Crippen molar-refractivity contribution in [2.75, 3.05) is 29.5 Å². The van der Waals surface area contributed by atoms with Crippen LogP contribution in [0.25, 0.3) is 0 Å². The average Bonchev–Trinajstić information content (AvgIpc) is 3.34. The molecule has 31 heavy (non-hydrogen) atoms. The Morgan fingerprint density at radius 1 is 1.32 bits per heavy atom. The highest BCUT2D eigenvalue weighted by Crippen LogP contribution is 2.43. The van der Waals surface area contributed by atoms with E-state index in [1.54, 1.807) is 17.5 Å². The minimum atomic E-state index is -0.255. The maximum Gasteiger partial charge on any atom is 0.271 e. The minimum Gasteiger partial charge on any atom is -0.490 e. The predicted octanol–water partition coefficient (Wildman–Crippen LogP) is 3.63. The van der Waals surface area contributed by atoms with Gasteiger partial charge >= 0.3 is 0 Å². The van der Waals surface area contributed by atoms with Crippen LogP contribution in [-0.2, 0) is 13.5 Å². The summed E-state index contributed by atoms with van der Waals surface area (Å²) in [4.78, 5) is 22.7. The lowest BCUT2D eigenvalue weighted by Gasteiger charge is -2.31. The lowest BCUT2D eigenvalue weighted by Crippen LogP contribution is -2.48. The normalized spacial score (nSPS) is 16.9. The molecule has 5 rings (SSSR count). The monoisotopic (exact) mass is 438 g/mol. The van der Waals surface area contributed by atoms with E-state index < -0.39 is 0 Å². The SMILES string of the molecule is CCN(c1ccc2c(c1)N(c1nc3c(s1)CC(C)(C)NC3=O)CCO2)c1ccnn1C. The van der Waals surface area contributed by atoms with Crippen LogP contribution in [0.2, 0.25) is 0 Å². The maximum absolute atomic E-state index is 12.6. The minimum absolute atomic E-state index is 0.0932. The molecule has 1 N–H and O–H groups in total. The number of ether oxygens (including phenoxy) is 1. The molecular formula is C22H26N6O2S. The van der Waals surface area contributed by atoms with E-state index >= 15 is 0 Å². The Hall–Kier alpha value is -3.07. The Morgan fingerprint density at radius 3 is 2.90 bits per heavy atom. The van der Waals surface area contributed by atoms with Crippen molar-refractivity contribution >= 4 is 39.6 Å². The number of nitrogens with zero attached hydrogens (tertiary/aromatic N) is 5. The molecule has 0 radical (unpaired) electrons. The molecule has 4 heterocycles. The quantitative estimate of drug-likeness (QED) is 0.670. The van der Waals surface area contributed by atoms with Crippen molar-refractivity contribution in [1.82, 2.24) is 20.1 Å². The molecule has 162 valence electrons. The molecule has 0 saturated heterocycles. The van der Waals surface area contributed by atoms with Gasteiger partial charge in [-0.15, -0.1) is 11.3 Å². The Kier molecular flexibility index (Phi) is 4.65. The van der Waals surface area contributed by atoms with Crippen molar-refractivity contribution in [2.45, 2.75) is 32.7 Å². The van der Waals surface area contributed by atoms with E-state index in [1.807, 2.05) is 37.7 Å². The molecule has 0 atom stereocenters. The Morgan fingerprint density at radius 2 is 2.16 bits per heavy atom. The standard InChI is InChI=1S/C22H26N6O2S/c1-5-27(18-8-9-23-26(18)4)14-6-7-16-15(12-14)28(10-11-30-16)21-24-19-17(31-21)13-22(2,3)25-20(19)29/h6-9,12H,5,10-11,13H2,1-4H3,(H,25,29). The van der Waals surface area contributed by atoms with Crippen LogP contribution in [0.15, 0.2) is 30.5 Å². The summed E-state index contributed by atoms with van der Waals surface area (Å²) in [5.74, 6) is 1.76. The molecule has 0 saturated carbocycles. The molecule has 0 fully saturated rings. The summed E-state index contributed by atoms with van der Waals surface area (Å²) in [5, 5.41) is 8.19. The van der Waals surface area contributed by atoms with Crippen LogP contribution in [0, 0.1) is 0 Å². The first-order valence-electron chi connectivity index (χ1n) is 10.5. The van der Waals surface area contributed by atoms with Gasteiger partial charge in [-0.05, 0) is 39.0 Å². The smallest absolute Gasteiger partial charge is 0.271 e. The van der Waals surface area contributed by atoms with E-state index in [4.69, 9.17) is 9.72 Å². The fraction of sp³-hybridized carbons (Fsp3) is 0.409. The van der Waals surface area contributed by atoms with Crippen LogP contribution in [0.1, 0.15) is 36.1 Å². The number of thiazole rings is 1. The van der Waals surface area contributed by atoms with Crippen LogP contribution in [-0.4, -0.2) is 45.9 Å². The lowest BCUT2D eigenvalue weighted by atomic mass is 9.95. The van der Waals surface area contributed by atoms with Gasteiger partial charge in [0.15, 0.2) is 5.13 Å². The van der Waals surface area contributed by atoms with Crippen LogP contribution < -0.4 is 19.9 Å². The summed E-state index contributed by atoms with van der Waals surface area (Å²) in [7, 11) is 1.94. The molecule has 0 unspecified atom stereocenters. The number of aryl methyl sites for hydroxylation is 1. The number of hydrogen-bond acceptors (Lipinski definition) is 7. The van der Waals surface area contributed by atoms with Gasteiger partial charge in [0.25, 0.3) is 5.91 Å². The van der Waals surface area contributed by atoms with Gasteiger partial charge in [0.2, 0.25) is 0 Å². The van der Waals surface area contributed by atoms with Gasteiger partial charge in [0.1, 0.15) is 23.9 Å². The fourth-order valence-electron chi connectivity index (χ4n) is 4.25. The third kappa shape index (κ3) is 3.42. The first-order valence-corrected chi connectivity index (χ1v) is 11.3. The molecule has 0 bridgehead atoms. The first-order chi connectivity index (χ1) is 14.9. The molecule has 2 aliphatic heterocycles. The molecule has 3 aromatic rings. The number of carbonyl (C=O) groups is 1. The van der Waals surface area contributed by atoms with Crippen molar-refractivity contribution in [3.05, 3.63) is 41.0 Å². The summed E-state index contributed by atoms with van der Waals surface area (Å²) in [5.41, 5.74) is 2.32. The molecule has 1 aromatic carbocycles. The zero-order valence-corrected chi connectivity index (χ0v) is 19.0. The van der Waals surface area contributed by atoms with E-state index in [2.05, 4.69) is 39.3 Å². The molecule has 0 spiro atoms. The molecule has 0 aliphatic carbocycles. The molecule has 2 aliphatic rings. The number of rotatable bonds is 4. The number of nitrogens with one attached hydrogen (secondary N) is 1. The van der Waals surface area contributed by atoms with Crippen LogP contribution in [0.5, 0.6) is 5.75 Å². The summed E-state index contributed by atoms with van der Waals surface area (Å²) in [6.07, 6.45) is 2.59. The number of hydrogen-bond donors (Lipinski definition) is 1. The topological polar surface area (TPSA) is 75.5 Å². The van der Waals surface area contributed by atoms with Gasteiger partial charge < -0.3 is 19.9 Å². The highest BCUT2D eigenvalue weighted by molar-refractivity contribution is 7.16. The van der Waals surface area contributed by atoms with Crippen LogP contribution in [0.3, 0.4) is 0 Å². The second-order valence-electron chi connectivity index (χ2n) is 8.49. The number of benzene rings is 1. The summed E-state index contributed by atoms with van der Waals surface area (Å²) < 4.78 is 7.80. The second-order valence-corrected chi connectivity index (χ2v) is 9.55. The summed E-state index contributed by atoms with van der Waals surface area (Å²) in [6, 6.07) is 8.22. The van der Waals surface area contributed by atoms with E-state index in [9.17, 15) is 4.79 Å². The van der Waals surface area contributed by atoms with Crippen molar-refractivity contribution < 1.29 is 9.53 Å². The number of fused-ring (bicyclic) bond motifs is 2. The van der Waals surface area contributed by atoms with Gasteiger partial charge in [-0.3, -0.25) is 9.48 Å². The Labute approximate surface area is 185 Å². The highest BCUT2D eigenvalue weighted by atomic mass is 32.1. The van der Waals surface area contributed by atoms with Crippen molar-refractivity contribution in [3.8, 4) is 5.75 Å². The first kappa shape index (κ1) is 19.9. The largest absolute Gasteiger partial charge is 0.490 e. The van der Waals surface area contributed by atoms with E-state index in [0.717, 1.165) is 45.9 Å². The predicted molar refractivity (Wildman–Crippen MR) is 122 cm³/mol. The van der Waals surface area contributed by atoms with Gasteiger partial charge in [-0.1, -0.05) is 0 Å². The number of carbonyl (C=O) groups excluding carboxylic acids is 1.